The molecule has 0 aliphatic rings. The predicted octanol–water partition coefficient (Wildman–Crippen LogP) is 3.29. The van der Waals surface area contributed by atoms with E-state index in [1.165, 1.54) is 11.3 Å². The number of ketones is 1. The highest BCUT2D eigenvalue weighted by Crippen LogP contribution is 2.30. The van der Waals surface area contributed by atoms with Crippen LogP contribution in [0.3, 0.4) is 0 Å². The number of alkyl halides is 3. The van der Waals surface area contributed by atoms with Gasteiger partial charge in [0.2, 0.25) is 5.91 Å². The molecular formula is C18H18F3NO4S. The van der Waals surface area contributed by atoms with Gasteiger partial charge >= 0.3 is 6.18 Å². The van der Waals surface area contributed by atoms with Crippen LogP contribution in [0.25, 0.3) is 0 Å². The summed E-state index contributed by atoms with van der Waals surface area (Å²) in [5.41, 5.74) is -0.792. The molecule has 2 aromatic rings. The summed E-state index contributed by atoms with van der Waals surface area (Å²) in [6, 6.07) is 7.52. The first-order valence-electron chi connectivity index (χ1n) is 8.07. The fourth-order valence-corrected chi connectivity index (χ4v) is 2.79. The third kappa shape index (κ3) is 7.03. The van der Waals surface area contributed by atoms with Crippen LogP contribution in [-0.4, -0.2) is 36.1 Å². The summed E-state index contributed by atoms with van der Waals surface area (Å²) in [5.74, 6) is -0.324. The third-order valence-corrected chi connectivity index (χ3v) is 4.44. The number of rotatable bonds is 9. The van der Waals surface area contributed by atoms with Crippen molar-refractivity contribution in [3.8, 4) is 5.75 Å². The Balaban J connectivity index is 1.66. The number of aliphatic hydroxyl groups is 1. The van der Waals surface area contributed by atoms with Gasteiger partial charge in [0.1, 0.15) is 18.5 Å². The minimum Gasteiger partial charge on any atom is -0.491 e. The number of carbonyl (C=O) groups excluding carboxylic acids is 2. The number of Topliss-reactive ketones (excluding diaryl/α,β-unsaturated/α-hetero) is 1. The van der Waals surface area contributed by atoms with Crippen LogP contribution in [-0.2, 0) is 11.0 Å². The lowest BCUT2D eigenvalue weighted by atomic mass is 10.2. The van der Waals surface area contributed by atoms with E-state index in [4.69, 9.17) is 4.74 Å². The molecule has 0 aliphatic heterocycles. The summed E-state index contributed by atoms with van der Waals surface area (Å²) >= 11 is 1.31. The number of hydrogen-bond donors (Lipinski definition) is 2. The number of ether oxygens (including phenoxy) is 1. The molecule has 9 heteroatoms. The molecule has 146 valence electrons. The lowest BCUT2D eigenvalue weighted by Crippen LogP contribution is -2.35. The van der Waals surface area contributed by atoms with Crippen molar-refractivity contribution in [2.75, 3.05) is 13.2 Å². The van der Waals surface area contributed by atoms with E-state index in [1.54, 1.807) is 17.5 Å². The van der Waals surface area contributed by atoms with Crippen molar-refractivity contribution in [3.05, 3.63) is 52.2 Å². The Morgan fingerprint density at radius 3 is 2.44 bits per heavy atom. The summed E-state index contributed by atoms with van der Waals surface area (Å²) in [7, 11) is 0. The highest BCUT2D eigenvalue weighted by atomic mass is 32.1. The van der Waals surface area contributed by atoms with Crippen molar-refractivity contribution in [2.24, 2.45) is 0 Å². The second kappa shape index (κ2) is 9.52. The molecule has 2 N–H and O–H groups in total. The molecule has 0 fully saturated rings. The van der Waals surface area contributed by atoms with E-state index < -0.39 is 17.8 Å². The zero-order chi connectivity index (χ0) is 19.9. The standard InChI is InChI=1S/C18H18F3NO4S/c19-18(20,21)12-3-5-14(6-4-12)26-11-13(23)10-22-17(25)8-7-15(24)16-2-1-9-27-16/h1-6,9,13,23H,7-8,10-11H2,(H,22,25). The average molecular weight is 401 g/mol. The van der Waals surface area contributed by atoms with Crippen LogP contribution < -0.4 is 10.1 Å². The molecule has 5 nitrogen and oxygen atoms in total. The van der Waals surface area contributed by atoms with Crippen molar-refractivity contribution in [2.45, 2.75) is 25.1 Å². The first-order chi connectivity index (χ1) is 12.8. The highest BCUT2D eigenvalue weighted by molar-refractivity contribution is 7.12. The fraction of sp³-hybridized carbons (Fsp3) is 0.333. The molecule has 0 saturated heterocycles. The first-order valence-corrected chi connectivity index (χ1v) is 8.95. The Morgan fingerprint density at radius 2 is 1.85 bits per heavy atom. The van der Waals surface area contributed by atoms with E-state index in [1.807, 2.05) is 0 Å². The topological polar surface area (TPSA) is 75.6 Å². The maximum Gasteiger partial charge on any atom is 0.416 e. The number of nitrogens with one attached hydrogen (secondary N) is 1. The molecule has 0 radical (unpaired) electrons. The van der Waals surface area contributed by atoms with Gasteiger partial charge in [-0.25, -0.2) is 0 Å². The molecule has 0 spiro atoms. The minimum atomic E-state index is -4.42. The van der Waals surface area contributed by atoms with Crippen LogP contribution in [0.5, 0.6) is 5.75 Å². The van der Waals surface area contributed by atoms with Gasteiger partial charge in [0.15, 0.2) is 5.78 Å². The van der Waals surface area contributed by atoms with Crippen molar-refractivity contribution >= 4 is 23.0 Å². The summed E-state index contributed by atoms with van der Waals surface area (Å²) in [6.45, 7) is -0.285. The Kier molecular flexibility index (Phi) is 7.37. The molecule has 0 saturated carbocycles. The van der Waals surface area contributed by atoms with Gasteiger partial charge in [0, 0.05) is 19.4 Å². The molecule has 0 bridgehead atoms. The largest absolute Gasteiger partial charge is 0.491 e. The van der Waals surface area contributed by atoms with E-state index in [2.05, 4.69) is 5.32 Å². The molecule has 1 heterocycles. The van der Waals surface area contributed by atoms with Gasteiger partial charge in [-0.1, -0.05) is 6.07 Å². The van der Waals surface area contributed by atoms with Crippen LogP contribution in [0.1, 0.15) is 28.1 Å². The molecule has 1 atom stereocenters. The Bertz CT molecular complexity index is 745. The van der Waals surface area contributed by atoms with Crippen molar-refractivity contribution in [1.29, 1.82) is 0 Å². The van der Waals surface area contributed by atoms with Gasteiger partial charge in [0.25, 0.3) is 0 Å². The Morgan fingerprint density at radius 1 is 1.15 bits per heavy atom. The molecule has 1 unspecified atom stereocenters. The Hall–Kier alpha value is -2.39. The van der Waals surface area contributed by atoms with E-state index in [-0.39, 0.29) is 43.4 Å². The van der Waals surface area contributed by atoms with Crippen LogP contribution >= 0.6 is 11.3 Å². The molecule has 1 aromatic heterocycles. The van der Waals surface area contributed by atoms with Gasteiger partial charge in [-0.15, -0.1) is 11.3 Å². The SMILES string of the molecule is O=C(CCC(=O)c1cccs1)NCC(O)COc1ccc(C(F)(F)F)cc1. The number of halogens is 3. The van der Waals surface area contributed by atoms with Gasteiger partial charge in [-0.3, -0.25) is 9.59 Å². The van der Waals surface area contributed by atoms with E-state index in [9.17, 15) is 27.9 Å². The van der Waals surface area contributed by atoms with E-state index >= 15 is 0 Å². The fourth-order valence-electron chi connectivity index (χ4n) is 2.10. The van der Waals surface area contributed by atoms with Gasteiger partial charge in [-0.05, 0) is 35.7 Å². The highest BCUT2D eigenvalue weighted by Gasteiger charge is 2.30. The van der Waals surface area contributed by atoms with Crippen molar-refractivity contribution in [3.63, 3.8) is 0 Å². The van der Waals surface area contributed by atoms with Crippen LogP contribution in [0, 0.1) is 0 Å². The van der Waals surface area contributed by atoms with Crippen LogP contribution in [0.15, 0.2) is 41.8 Å². The normalized spacial score (nSPS) is 12.4. The second-order valence-electron chi connectivity index (χ2n) is 5.69. The number of benzene rings is 1. The lowest BCUT2D eigenvalue weighted by molar-refractivity contribution is -0.137. The maximum absolute atomic E-state index is 12.5. The third-order valence-electron chi connectivity index (χ3n) is 3.53. The first kappa shape index (κ1) is 20.9. The van der Waals surface area contributed by atoms with E-state index in [0.717, 1.165) is 24.3 Å². The summed E-state index contributed by atoms with van der Waals surface area (Å²) in [5, 5.41) is 14.0. The molecule has 1 amide bonds. The van der Waals surface area contributed by atoms with Crippen LogP contribution in [0.4, 0.5) is 13.2 Å². The predicted molar refractivity (Wildman–Crippen MR) is 93.8 cm³/mol. The molecular weight excluding hydrogens is 383 g/mol. The number of carbonyl (C=O) groups is 2. The summed E-state index contributed by atoms with van der Waals surface area (Å²) < 4.78 is 42.6. The Labute approximate surface area is 157 Å². The smallest absolute Gasteiger partial charge is 0.416 e. The molecule has 1 aromatic carbocycles. The van der Waals surface area contributed by atoms with Gasteiger partial charge < -0.3 is 15.2 Å². The second-order valence-corrected chi connectivity index (χ2v) is 6.64. The minimum absolute atomic E-state index is 0.00319. The van der Waals surface area contributed by atoms with E-state index in [0.29, 0.717) is 4.88 Å². The molecule has 2 rings (SSSR count). The number of hydrogen-bond acceptors (Lipinski definition) is 5. The van der Waals surface area contributed by atoms with Crippen molar-refractivity contribution in [1.82, 2.24) is 5.32 Å². The summed E-state index contributed by atoms with van der Waals surface area (Å²) in [6.07, 6.45) is -5.38. The number of aliphatic hydroxyl groups excluding tert-OH is 1. The van der Waals surface area contributed by atoms with Crippen LogP contribution in [0.2, 0.25) is 0 Å². The number of amides is 1. The molecule has 0 aliphatic carbocycles. The lowest BCUT2D eigenvalue weighted by Gasteiger charge is -2.14. The zero-order valence-electron chi connectivity index (χ0n) is 14.2. The summed E-state index contributed by atoms with van der Waals surface area (Å²) in [4.78, 5) is 24.1. The quantitative estimate of drug-likeness (QED) is 0.633. The zero-order valence-corrected chi connectivity index (χ0v) is 15.0. The number of thiophene rings is 1. The molecule has 27 heavy (non-hydrogen) atoms. The van der Waals surface area contributed by atoms with Gasteiger partial charge in [0.05, 0.1) is 10.4 Å². The average Bonchev–Trinajstić information content (AvgIpc) is 3.17. The monoisotopic (exact) mass is 401 g/mol. The van der Waals surface area contributed by atoms with Gasteiger partial charge in [-0.2, -0.15) is 13.2 Å². The van der Waals surface area contributed by atoms with Crippen molar-refractivity contribution < 1.29 is 32.6 Å². The maximum atomic E-state index is 12.5.